The highest BCUT2D eigenvalue weighted by Crippen LogP contribution is 2.17. The van der Waals surface area contributed by atoms with Crippen LogP contribution in [-0.2, 0) is 13.6 Å². The molecule has 0 radical (unpaired) electrons. The Bertz CT molecular complexity index is 1110. The summed E-state index contributed by atoms with van der Waals surface area (Å²) in [5.41, 5.74) is 3.56. The summed E-state index contributed by atoms with van der Waals surface area (Å²) in [5.74, 6) is 0.871. The van der Waals surface area contributed by atoms with E-state index in [-0.39, 0.29) is 0 Å². The van der Waals surface area contributed by atoms with Gasteiger partial charge in [-0.1, -0.05) is 41.9 Å². The summed E-state index contributed by atoms with van der Waals surface area (Å²) in [6.45, 7) is 4.80. The van der Waals surface area contributed by atoms with E-state index >= 15 is 0 Å². The maximum absolute atomic E-state index is 12.4. The molecule has 2 heterocycles. The van der Waals surface area contributed by atoms with E-state index in [1.165, 1.54) is 4.57 Å². The Hall–Kier alpha value is -2.68. The molecule has 0 saturated heterocycles. The molecule has 0 aliphatic heterocycles. The molecule has 2 N–H and O–H groups in total. The Morgan fingerprint density at radius 3 is 2.85 bits per heavy atom. The number of nitrogens with zero attached hydrogens (tertiary/aromatic N) is 4. The number of hydrogen-bond acceptors (Lipinski definition) is 5. The van der Waals surface area contributed by atoms with Gasteiger partial charge in [0.2, 0.25) is 5.95 Å². The fourth-order valence-electron chi connectivity index (χ4n) is 2.68. The van der Waals surface area contributed by atoms with Crippen LogP contribution in [0, 0.1) is 5.92 Å². The summed E-state index contributed by atoms with van der Waals surface area (Å²) >= 11 is 3.42. The van der Waals surface area contributed by atoms with Crippen molar-refractivity contribution in [1.29, 1.82) is 0 Å². The van der Waals surface area contributed by atoms with Crippen molar-refractivity contribution in [2.75, 3.05) is 5.43 Å². The molecule has 0 bridgehead atoms. The normalized spacial score (nSPS) is 11.7. The van der Waals surface area contributed by atoms with Crippen molar-refractivity contribution in [2.45, 2.75) is 26.8 Å². The molecule has 0 aliphatic rings. The molecule has 0 aliphatic carbocycles. The van der Waals surface area contributed by atoms with Crippen LogP contribution < -0.4 is 16.7 Å². The Kier molecular flexibility index (Phi) is 5.59. The van der Waals surface area contributed by atoms with Gasteiger partial charge < -0.3 is 4.57 Å². The van der Waals surface area contributed by atoms with Gasteiger partial charge in [0.1, 0.15) is 0 Å². The van der Waals surface area contributed by atoms with E-state index in [1.807, 2.05) is 24.3 Å². The van der Waals surface area contributed by atoms with Crippen LogP contribution in [0.3, 0.4) is 0 Å². The zero-order valence-corrected chi connectivity index (χ0v) is 16.9. The predicted octanol–water partition coefficient (Wildman–Crippen LogP) is 2.68. The van der Waals surface area contributed by atoms with Gasteiger partial charge in [0.05, 0.1) is 6.21 Å². The van der Waals surface area contributed by atoms with Crippen LogP contribution in [-0.4, -0.2) is 25.3 Å². The molecule has 2 aromatic heterocycles. The summed E-state index contributed by atoms with van der Waals surface area (Å²) in [6, 6.07) is 7.70. The fourth-order valence-corrected chi connectivity index (χ4v) is 3.09. The lowest BCUT2D eigenvalue weighted by atomic mass is 10.1. The van der Waals surface area contributed by atoms with Crippen LogP contribution in [0.15, 0.2) is 43.4 Å². The summed E-state index contributed by atoms with van der Waals surface area (Å²) < 4.78 is 4.05. The molecule has 0 amide bonds. The number of hydrogen-bond donors (Lipinski definition) is 2. The van der Waals surface area contributed by atoms with Crippen LogP contribution in [0.1, 0.15) is 25.8 Å². The molecule has 8 nitrogen and oxygen atoms in total. The van der Waals surface area contributed by atoms with E-state index < -0.39 is 11.2 Å². The zero-order valence-electron chi connectivity index (χ0n) is 15.4. The monoisotopic (exact) mass is 432 g/mol. The van der Waals surface area contributed by atoms with Gasteiger partial charge in [-0.15, -0.1) is 0 Å². The zero-order chi connectivity index (χ0) is 19.6. The number of halogens is 1. The molecule has 0 saturated carbocycles. The smallest absolute Gasteiger partial charge is 0.303 e. The molecule has 9 heteroatoms. The Balaban J connectivity index is 2.01. The molecular weight excluding hydrogens is 412 g/mol. The first-order valence-corrected chi connectivity index (χ1v) is 9.40. The summed E-state index contributed by atoms with van der Waals surface area (Å²) in [5, 5.41) is 4.24. The largest absolute Gasteiger partial charge is 0.329 e. The van der Waals surface area contributed by atoms with Crippen LogP contribution >= 0.6 is 15.9 Å². The lowest BCUT2D eigenvalue weighted by Gasteiger charge is -2.09. The number of hydrazone groups is 1. The summed E-state index contributed by atoms with van der Waals surface area (Å²) in [4.78, 5) is 31.0. The molecule has 0 fully saturated rings. The van der Waals surface area contributed by atoms with Crippen LogP contribution in [0.5, 0.6) is 0 Å². The van der Waals surface area contributed by atoms with Crippen molar-refractivity contribution < 1.29 is 0 Å². The Morgan fingerprint density at radius 2 is 2.15 bits per heavy atom. The Morgan fingerprint density at radius 1 is 1.37 bits per heavy atom. The molecule has 1 aromatic carbocycles. The number of aryl methyl sites for hydroxylation is 2. The quantitative estimate of drug-likeness (QED) is 0.462. The van der Waals surface area contributed by atoms with Crippen LogP contribution in [0.25, 0.3) is 11.2 Å². The number of benzene rings is 1. The first kappa shape index (κ1) is 19.1. The van der Waals surface area contributed by atoms with Crippen LogP contribution in [0.2, 0.25) is 0 Å². The van der Waals surface area contributed by atoms with Gasteiger partial charge >= 0.3 is 5.69 Å². The van der Waals surface area contributed by atoms with Gasteiger partial charge in [0, 0.05) is 18.1 Å². The second-order valence-corrected chi connectivity index (χ2v) is 7.60. The number of fused-ring (bicyclic) bond motifs is 1. The molecular formula is C18H21BrN6O2. The van der Waals surface area contributed by atoms with Crippen molar-refractivity contribution >= 4 is 39.3 Å². The molecule has 0 spiro atoms. The van der Waals surface area contributed by atoms with Gasteiger partial charge in [-0.3, -0.25) is 14.3 Å². The van der Waals surface area contributed by atoms with Crippen molar-refractivity contribution in [3.8, 4) is 0 Å². The van der Waals surface area contributed by atoms with Crippen molar-refractivity contribution in [1.82, 2.24) is 19.1 Å². The van der Waals surface area contributed by atoms with E-state index in [0.717, 1.165) is 16.5 Å². The number of rotatable bonds is 6. The summed E-state index contributed by atoms with van der Waals surface area (Å²) in [7, 11) is 1.58. The second kappa shape index (κ2) is 7.91. The van der Waals surface area contributed by atoms with Gasteiger partial charge in [-0.05, 0) is 30.0 Å². The van der Waals surface area contributed by atoms with Crippen molar-refractivity contribution in [2.24, 2.45) is 18.1 Å². The number of aromatic amines is 1. The maximum Gasteiger partial charge on any atom is 0.329 e. The van der Waals surface area contributed by atoms with Gasteiger partial charge in [-0.2, -0.15) is 10.1 Å². The minimum atomic E-state index is -0.495. The van der Waals surface area contributed by atoms with Gasteiger partial charge in [-0.25, -0.2) is 10.2 Å². The third-order valence-corrected chi connectivity index (χ3v) is 4.66. The molecule has 3 rings (SSSR count). The second-order valence-electron chi connectivity index (χ2n) is 6.69. The van der Waals surface area contributed by atoms with E-state index in [2.05, 4.69) is 50.3 Å². The average molecular weight is 433 g/mol. The molecule has 142 valence electrons. The van der Waals surface area contributed by atoms with Gasteiger partial charge in [0.15, 0.2) is 11.2 Å². The van der Waals surface area contributed by atoms with Crippen molar-refractivity contribution in [3.05, 3.63) is 55.1 Å². The third kappa shape index (κ3) is 4.19. The first-order valence-electron chi connectivity index (χ1n) is 8.61. The fraction of sp³-hybridized carbons (Fsp3) is 0.333. The Labute approximate surface area is 164 Å². The topological polar surface area (TPSA) is 97.1 Å². The highest BCUT2D eigenvalue weighted by atomic mass is 79.9. The standard InChI is InChI=1S/C18H21BrN6O2/c1-11(2)7-8-25-14-15(24(3)18(27)22-16(14)26)21-17(25)23-20-10-12-5-4-6-13(19)9-12/h4-6,9-11H,7-8H2,1-3H3,(H,21,23)(H,22,26,27)/b20-10-. The predicted molar refractivity (Wildman–Crippen MR) is 110 cm³/mol. The lowest BCUT2D eigenvalue weighted by Crippen LogP contribution is -2.29. The van der Waals surface area contributed by atoms with E-state index in [9.17, 15) is 9.59 Å². The number of imidazole rings is 1. The number of H-pyrrole nitrogens is 1. The number of anilines is 1. The molecule has 27 heavy (non-hydrogen) atoms. The third-order valence-electron chi connectivity index (χ3n) is 4.16. The number of nitrogens with one attached hydrogen (secondary N) is 2. The number of aromatic nitrogens is 4. The van der Waals surface area contributed by atoms with E-state index in [4.69, 9.17) is 0 Å². The molecule has 3 aromatic rings. The SMILES string of the molecule is CC(C)CCn1c(N/N=C\c2cccc(Br)c2)nc2c1c(=O)[nH]c(=O)n2C. The minimum absolute atomic E-state index is 0.327. The average Bonchev–Trinajstić information content (AvgIpc) is 2.97. The summed E-state index contributed by atoms with van der Waals surface area (Å²) in [6.07, 6.45) is 2.53. The maximum atomic E-state index is 12.4. The first-order chi connectivity index (χ1) is 12.9. The molecule has 0 unspecified atom stereocenters. The highest BCUT2D eigenvalue weighted by Gasteiger charge is 2.17. The molecule has 0 atom stereocenters. The minimum Gasteiger partial charge on any atom is -0.303 e. The van der Waals surface area contributed by atoms with Crippen molar-refractivity contribution in [3.63, 3.8) is 0 Å². The lowest BCUT2D eigenvalue weighted by molar-refractivity contribution is 0.524. The highest BCUT2D eigenvalue weighted by molar-refractivity contribution is 9.10. The van der Waals surface area contributed by atoms with E-state index in [1.54, 1.807) is 17.8 Å². The van der Waals surface area contributed by atoms with Crippen LogP contribution in [0.4, 0.5) is 5.95 Å². The van der Waals surface area contributed by atoms with Gasteiger partial charge in [0.25, 0.3) is 5.56 Å². The van der Waals surface area contributed by atoms with E-state index in [0.29, 0.717) is 29.6 Å².